The SMILES string of the molecule is O=C1OCCN1C12CC3CC(CC(C3)C1)C2. The van der Waals surface area contributed by atoms with Gasteiger partial charge >= 0.3 is 6.09 Å². The summed E-state index contributed by atoms with van der Waals surface area (Å²) in [6.07, 6.45) is 8.03. The van der Waals surface area contributed by atoms with E-state index in [4.69, 9.17) is 4.74 Å². The Balaban J connectivity index is 1.68. The average molecular weight is 221 g/mol. The minimum atomic E-state index is -0.0399. The van der Waals surface area contributed by atoms with Crippen LogP contribution in [0.25, 0.3) is 0 Å². The minimum Gasteiger partial charge on any atom is -0.448 e. The second-order valence-corrected chi connectivity index (χ2v) is 6.41. The summed E-state index contributed by atoms with van der Waals surface area (Å²) in [5.74, 6) is 2.71. The van der Waals surface area contributed by atoms with E-state index in [1.165, 1.54) is 38.5 Å². The second-order valence-electron chi connectivity index (χ2n) is 6.41. The van der Waals surface area contributed by atoms with Gasteiger partial charge in [0.25, 0.3) is 0 Å². The van der Waals surface area contributed by atoms with Crippen LogP contribution in [0.2, 0.25) is 0 Å². The van der Waals surface area contributed by atoms with Gasteiger partial charge in [0, 0.05) is 5.54 Å². The fourth-order valence-electron chi connectivity index (χ4n) is 5.22. The third-order valence-corrected chi connectivity index (χ3v) is 5.34. The van der Waals surface area contributed by atoms with Crippen LogP contribution < -0.4 is 0 Å². The summed E-state index contributed by atoms with van der Waals surface area (Å²) in [5.41, 5.74) is 0.211. The van der Waals surface area contributed by atoms with Crippen LogP contribution in [0.3, 0.4) is 0 Å². The van der Waals surface area contributed by atoms with E-state index in [0.29, 0.717) is 6.61 Å². The van der Waals surface area contributed by atoms with Gasteiger partial charge in [0.1, 0.15) is 6.61 Å². The highest BCUT2D eigenvalue weighted by atomic mass is 16.6. The van der Waals surface area contributed by atoms with Gasteiger partial charge in [-0.05, 0) is 56.3 Å². The van der Waals surface area contributed by atoms with Crippen LogP contribution in [0.1, 0.15) is 38.5 Å². The van der Waals surface area contributed by atoms with Crippen molar-refractivity contribution in [2.24, 2.45) is 17.8 Å². The van der Waals surface area contributed by atoms with Crippen molar-refractivity contribution in [1.82, 2.24) is 4.90 Å². The molecular weight excluding hydrogens is 202 g/mol. The third kappa shape index (κ3) is 1.12. The summed E-state index contributed by atoms with van der Waals surface area (Å²) in [6.45, 7) is 1.45. The molecule has 16 heavy (non-hydrogen) atoms. The molecule has 1 aliphatic heterocycles. The van der Waals surface area contributed by atoms with Crippen molar-refractivity contribution in [2.45, 2.75) is 44.1 Å². The molecule has 3 nitrogen and oxygen atoms in total. The van der Waals surface area contributed by atoms with Gasteiger partial charge in [0.2, 0.25) is 0 Å². The summed E-state index contributed by atoms with van der Waals surface area (Å²) in [4.78, 5) is 13.9. The van der Waals surface area contributed by atoms with Gasteiger partial charge < -0.3 is 4.74 Å². The molecule has 0 N–H and O–H groups in total. The zero-order valence-corrected chi connectivity index (χ0v) is 9.65. The summed E-state index contributed by atoms with van der Waals surface area (Å²) in [6, 6.07) is 0. The molecule has 1 amide bonds. The Kier molecular flexibility index (Phi) is 1.71. The molecule has 5 aliphatic rings. The van der Waals surface area contributed by atoms with Crippen molar-refractivity contribution in [3.63, 3.8) is 0 Å². The van der Waals surface area contributed by atoms with Gasteiger partial charge in [-0.15, -0.1) is 0 Å². The monoisotopic (exact) mass is 221 g/mol. The van der Waals surface area contributed by atoms with Crippen molar-refractivity contribution in [3.8, 4) is 0 Å². The summed E-state index contributed by atoms with van der Waals surface area (Å²) in [7, 11) is 0. The lowest BCUT2D eigenvalue weighted by Gasteiger charge is -2.59. The quantitative estimate of drug-likeness (QED) is 0.680. The molecule has 4 bridgehead atoms. The molecule has 4 aliphatic carbocycles. The maximum absolute atomic E-state index is 11.8. The molecule has 0 radical (unpaired) electrons. The summed E-state index contributed by atoms with van der Waals surface area (Å²) < 4.78 is 5.14. The molecule has 0 spiro atoms. The fraction of sp³-hybridized carbons (Fsp3) is 0.923. The number of hydrogen-bond donors (Lipinski definition) is 0. The fourth-order valence-corrected chi connectivity index (χ4v) is 5.22. The molecule has 1 saturated heterocycles. The zero-order chi connectivity index (χ0) is 10.8. The summed E-state index contributed by atoms with van der Waals surface area (Å²) >= 11 is 0. The molecule has 5 fully saturated rings. The Hall–Kier alpha value is -0.730. The van der Waals surface area contributed by atoms with Crippen molar-refractivity contribution in [1.29, 1.82) is 0 Å². The van der Waals surface area contributed by atoms with E-state index in [-0.39, 0.29) is 11.6 Å². The first-order chi connectivity index (χ1) is 7.75. The number of rotatable bonds is 1. The Labute approximate surface area is 96.1 Å². The van der Waals surface area contributed by atoms with Crippen LogP contribution in [0.4, 0.5) is 4.79 Å². The molecule has 88 valence electrons. The molecule has 0 aromatic carbocycles. The zero-order valence-electron chi connectivity index (χ0n) is 9.65. The number of ether oxygens (including phenoxy) is 1. The van der Waals surface area contributed by atoms with Crippen molar-refractivity contribution in [2.75, 3.05) is 13.2 Å². The van der Waals surface area contributed by atoms with E-state index in [0.717, 1.165) is 24.3 Å². The molecule has 0 aromatic rings. The topological polar surface area (TPSA) is 29.5 Å². The van der Waals surface area contributed by atoms with Crippen LogP contribution >= 0.6 is 0 Å². The molecule has 0 aromatic heterocycles. The summed E-state index contributed by atoms with van der Waals surface area (Å²) in [5, 5.41) is 0. The van der Waals surface area contributed by atoms with Crippen LogP contribution in [-0.2, 0) is 4.74 Å². The van der Waals surface area contributed by atoms with Gasteiger partial charge in [-0.25, -0.2) is 4.79 Å². The highest BCUT2D eigenvalue weighted by molar-refractivity contribution is 5.70. The molecule has 5 rings (SSSR count). The van der Waals surface area contributed by atoms with E-state index >= 15 is 0 Å². The van der Waals surface area contributed by atoms with Gasteiger partial charge in [0.05, 0.1) is 6.54 Å². The van der Waals surface area contributed by atoms with Gasteiger partial charge in [-0.3, -0.25) is 4.90 Å². The molecule has 4 saturated carbocycles. The first kappa shape index (κ1) is 9.32. The van der Waals surface area contributed by atoms with Crippen molar-refractivity contribution >= 4 is 6.09 Å². The molecule has 3 heteroatoms. The van der Waals surface area contributed by atoms with Gasteiger partial charge in [0.15, 0.2) is 0 Å². The smallest absolute Gasteiger partial charge is 0.410 e. The maximum Gasteiger partial charge on any atom is 0.410 e. The Bertz CT molecular complexity index is 304. The number of cyclic esters (lactones) is 1. The largest absolute Gasteiger partial charge is 0.448 e. The molecule has 0 atom stereocenters. The highest BCUT2D eigenvalue weighted by Crippen LogP contribution is 2.58. The first-order valence-electron chi connectivity index (χ1n) is 6.70. The lowest BCUT2D eigenvalue weighted by Crippen LogP contribution is -2.60. The van der Waals surface area contributed by atoms with E-state index in [2.05, 4.69) is 4.90 Å². The van der Waals surface area contributed by atoms with E-state index in [1.54, 1.807) is 0 Å². The van der Waals surface area contributed by atoms with Gasteiger partial charge in [-0.1, -0.05) is 0 Å². The highest BCUT2D eigenvalue weighted by Gasteiger charge is 2.55. The predicted octanol–water partition coefficient (Wildman–Crippen LogP) is 2.41. The third-order valence-electron chi connectivity index (χ3n) is 5.34. The van der Waals surface area contributed by atoms with E-state index in [9.17, 15) is 4.79 Å². The van der Waals surface area contributed by atoms with Crippen LogP contribution in [-0.4, -0.2) is 29.7 Å². The lowest BCUT2D eigenvalue weighted by atomic mass is 9.52. The number of nitrogens with zero attached hydrogens (tertiary/aromatic N) is 1. The van der Waals surface area contributed by atoms with E-state index in [1.807, 2.05) is 0 Å². The first-order valence-corrected chi connectivity index (χ1v) is 6.70. The normalized spacial score (nSPS) is 49.9. The number of hydrogen-bond acceptors (Lipinski definition) is 2. The predicted molar refractivity (Wildman–Crippen MR) is 59.0 cm³/mol. The van der Waals surface area contributed by atoms with E-state index < -0.39 is 0 Å². The standard InChI is InChI=1S/C13H19NO2/c15-12-14(1-2-16-12)13-6-9-3-10(7-13)5-11(4-9)8-13/h9-11H,1-8H2. The number of carbonyl (C=O) groups excluding carboxylic acids is 1. The number of amides is 1. The lowest BCUT2D eigenvalue weighted by molar-refractivity contribution is -0.0659. The maximum atomic E-state index is 11.8. The van der Waals surface area contributed by atoms with Crippen molar-refractivity contribution in [3.05, 3.63) is 0 Å². The molecule has 0 unspecified atom stereocenters. The molecular formula is C13H19NO2. The van der Waals surface area contributed by atoms with Crippen molar-refractivity contribution < 1.29 is 9.53 Å². The Morgan fingerprint density at radius 1 is 1.06 bits per heavy atom. The number of carbonyl (C=O) groups is 1. The Morgan fingerprint density at radius 2 is 1.62 bits per heavy atom. The minimum absolute atomic E-state index is 0.0399. The van der Waals surface area contributed by atoms with Crippen LogP contribution in [0.5, 0.6) is 0 Å². The Morgan fingerprint density at radius 3 is 2.06 bits per heavy atom. The average Bonchev–Trinajstić information content (AvgIpc) is 2.62. The van der Waals surface area contributed by atoms with Crippen LogP contribution in [0, 0.1) is 17.8 Å². The molecule has 1 heterocycles. The second kappa shape index (κ2) is 2.93. The van der Waals surface area contributed by atoms with Crippen LogP contribution in [0.15, 0.2) is 0 Å². The van der Waals surface area contributed by atoms with Gasteiger partial charge in [-0.2, -0.15) is 0 Å².